The van der Waals surface area contributed by atoms with Crippen molar-refractivity contribution in [3.05, 3.63) is 65.7 Å². The molecule has 136 valence electrons. The van der Waals surface area contributed by atoms with Gasteiger partial charge in [0.25, 0.3) is 0 Å². The van der Waals surface area contributed by atoms with Gasteiger partial charge in [0.1, 0.15) is 16.5 Å². The Morgan fingerprint density at radius 1 is 1.08 bits per heavy atom. The first kappa shape index (κ1) is 19.8. The van der Waals surface area contributed by atoms with E-state index in [1.165, 1.54) is 4.31 Å². The Bertz CT molecular complexity index is 834. The van der Waals surface area contributed by atoms with Crippen LogP contribution >= 0.6 is 12.4 Å². The monoisotopic (exact) mass is 388 g/mol. The van der Waals surface area contributed by atoms with Gasteiger partial charge in [-0.15, -0.1) is 12.4 Å². The summed E-state index contributed by atoms with van der Waals surface area (Å²) in [5.74, 6) is -1.88. The third kappa shape index (κ3) is 3.84. The molecule has 2 N–H and O–H groups in total. The van der Waals surface area contributed by atoms with E-state index in [-0.39, 0.29) is 37.3 Å². The van der Waals surface area contributed by atoms with E-state index in [1.54, 1.807) is 0 Å². The Kier molecular flexibility index (Phi) is 6.16. The molecule has 2 aromatic carbocycles. The van der Waals surface area contributed by atoms with Gasteiger partial charge in [-0.3, -0.25) is 0 Å². The molecule has 1 aliphatic rings. The van der Waals surface area contributed by atoms with Gasteiger partial charge in [0.15, 0.2) is 0 Å². The predicted molar refractivity (Wildman–Crippen MR) is 94.1 cm³/mol. The number of sulfonamides is 1. The minimum atomic E-state index is -4.11. The minimum absolute atomic E-state index is 0. The molecule has 1 heterocycles. The number of rotatable bonds is 4. The van der Waals surface area contributed by atoms with Crippen molar-refractivity contribution in [3.8, 4) is 0 Å². The van der Waals surface area contributed by atoms with Crippen LogP contribution in [-0.4, -0.2) is 32.4 Å². The van der Waals surface area contributed by atoms with E-state index >= 15 is 0 Å². The highest BCUT2D eigenvalue weighted by atomic mass is 35.5. The molecule has 0 amide bonds. The van der Waals surface area contributed by atoms with Crippen LogP contribution < -0.4 is 5.73 Å². The lowest BCUT2D eigenvalue weighted by atomic mass is 9.89. The van der Waals surface area contributed by atoms with Gasteiger partial charge in [-0.1, -0.05) is 30.3 Å². The molecule has 0 radical (unpaired) electrons. The number of nitrogens with zero attached hydrogens (tertiary/aromatic N) is 1. The predicted octanol–water partition coefficient (Wildman–Crippen LogP) is 2.75. The van der Waals surface area contributed by atoms with E-state index in [0.717, 1.165) is 23.8 Å². The van der Waals surface area contributed by atoms with Crippen LogP contribution in [0.5, 0.6) is 0 Å². The topological polar surface area (TPSA) is 63.4 Å². The van der Waals surface area contributed by atoms with E-state index in [4.69, 9.17) is 5.73 Å². The largest absolute Gasteiger partial charge is 0.330 e. The van der Waals surface area contributed by atoms with Gasteiger partial charge in [0.2, 0.25) is 10.0 Å². The fourth-order valence-corrected chi connectivity index (χ4v) is 4.76. The van der Waals surface area contributed by atoms with E-state index in [0.29, 0.717) is 6.54 Å². The Hall–Kier alpha value is -1.54. The molecule has 1 saturated heterocycles. The molecule has 3 rings (SSSR count). The summed E-state index contributed by atoms with van der Waals surface area (Å²) in [5, 5.41) is 0. The zero-order chi connectivity index (χ0) is 17.3. The van der Waals surface area contributed by atoms with Crippen molar-refractivity contribution in [3.63, 3.8) is 0 Å². The van der Waals surface area contributed by atoms with Crippen molar-refractivity contribution in [1.29, 1.82) is 0 Å². The highest BCUT2D eigenvalue weighted by Gasteiger charge is 2.40. The Labute approximate surface area is 152 Å². The van der Waals surface area contributed by atoms with Crippen molar-refractivity contribution >= 4 is 22.4 Å². The van der Waals surface area contributed by atoms with E-state index in [2.05, 4.69) is 0 Å². The van der Waals surface area contributed by atoms with Gasteiger partial charge in [-0.05, 0) is 36.2 Å². The van der Waals surface area contributed by atoms with Crippen LogP contribution in [0.25, 0.3) is 0 Å². The normalized spacial score (nSPS) is 21.1. The maximum atomic E-state index is 13.9. The molecule has 1 fully saturated rings. The fraction of sp³-hybridized carbons (Fsp3) is 0.294. The average molecular weight is 389 g/mol. The standard InChI is InChI=1S/C17H18F2N2O2S.ClH/c18-14-6-7-16(19)17(8-14)24(22,23)21-10-13(9-20)15(11-21)12-4-2-1-3-5-12;/h1-8,13,15H,9-11,20H2;1H/t13-,15+;/m1./s1. The van der Waals surface area contributed by atoms with Crippen LogP contribution in [0.3, 0.4) is 0 Å². The fourth-order valence-electron chi connectivity index (χ4n) is 3.16. The molecule has 2 aromatic rings. The minimum Gasteiger partial charge on any atom is -0.330 e. The van der Waals surface area contributed by atoms with Crippen LogP contribution in [0, 0.1) is 17.6 Å². The summed E-state index contributed by atoms with van der Waals surface area (Å²) in [5.41, 5.74) is 6.80. The molecule has 0 unspecified atom stereocenters. The zero-order valence-corrected chi connectivity index (χ0v) is 14.9. The van der Waals surface area contributed by atoms with Gasteiger partial charge < -0.3 is 5.73 Å². The summed E-state index contributed by atoms with van der Waals surface area (Å²) >= 11 is 0. The number of nitrogens with two attached hydrogens (primary N) is 1. The number of hydrogen-bond acceptors (Lipinski definition) is 3. The molecule has 4 nitrogen and oxygen atoms in total. The lowest BCUT2D eigenvalue weighted by molar-refractivity contribution is 0.452. The first-order chi connectivity index (χ1) is 11.4. The van der Waals surface area contributed by atoms with Crippen LogP contribution in [0.1, 0.15) is 11.5 Å². The SMILES string of the molecule is Cl.NC[C@@H]1CN(S(=O)(=O)c2cc(F)ccc2F)C[C@H]1c1ccccc1. The Morgan fingerprint density at radius 2 is 1.76 bits per heavy atom. The van der Waals surface area contributed by atoms with E-state index < -0.39 is 26.6 Å². The van der Waals surface area contributed by atoms with E-state index in [9.17, 15) is 17.2 Å². The maximum absolute atomic E-state index is 13.9. The summed E-state index contributed by atoms with van der Waals surface area (Å²) < 4.78 is 53.9. The van der Waals surface area contributed by atoms with Gasteiger partial charge in [0.05, 0.1) is 0 Å². The molecule has 0 aliphatic carbocycles. The highest BCUT2D eigenvalue weighted by molar-refractivity contribution is 7.89. The second-order valence-electron chi connectivity index (χ2n) is 5.91. The third-order valence-electron chi connectivity index (χ3n) is 4.45. The molecule has 0 bridgehead atoms. The third-order valence-corrected chi connectivity index (χ3v) is 6.30. The second kappa shape index (κ2) is 7.78. The molecular formula is C17H19ClF2N2O2S. The highest BCUT2D eigenvalue weighted by Crippen LogP contribution is 2.35. The number of hydrogen-bond donors (Lipinski definition) is 1. The van der Waals surface area contributed by atoms with Crippen molar-refractivity contribution < 1.29 is 17.2 Å². The summed E-state index contributed by atoms with van der Waals surface area (Å²) in [6, 6.07) is 11.9. The van der Waals surface area contributed by atoms with E-state index in [1.807, 2.05) is 30.3 Å². The summed E-state index contributed by atoms with van der Waals surface area (Å²) in [6.07, 6.45) is 0. The summed E-state index contributed by atoms with van der Waals surface area (Å²) in [4.78, 5) is -0.632. The number of benzene rings is 2. The quantitative estimate of drug-likeness (QED) is 0.876. The summed E-state index contributed by atoms with van der Waals surface area (Å²) in [6.45, 7) is 0.704. The maximum Gasteiger partial charge on any atom is 0.246 e. The Morgan fingerprint density at radius 3 is 2.40 bits per heavy atom. The first-order valence-corrected chi connectivity index (χ1v) is 9.07. The first-order valence-electron chi connectivity index (χ1n) is 7.63. The van der Waals surface area contributed by atoms with Gasteiger partial charge in [-0.25, -0.2) is 17.2 Å². The molecule has 1 aliphatic heterocycles. The molecule has 0 saturated carbocycles. The lowest BCUT2D eigenvalue weighted by Crippen LogP contribution is -2.30. The molecular weight excluding hydrogens is 370 g/mol. The van der Waals surface area contributed by atoms with Crippen molar-refractivity contribution in [2.45, 2.75) is 10.8 Å². The smallest absolute Gasteiger partial charge is 0.246 e. The molecule has 2 atom stereocenters. The molecule has 0 spiro atoms. The zero-order valence-electron chi connectivity index (χ0n) is 13.3. The molecule has 8 heteroatoms. The summed E-state index contributed by atoms with van der Waals surface area (Å²) in [7, 11) is -4.11. The number of halogens is 3. The van der Waals surface area contributed by atoms with Gasteiger partial charge in [-0.2, -0.15) is 4.31 Å². The van der Waals surface area contributed by atoms with Crippen LogP contribution in [0.2, 0.25) is 0 Å². The van der Waals surface area contributed by atoms with Gasteiger partial charge >= 0.3 is 0 Å². The van der Waals surface area contributed by atoms with Crippen LogP contribution in [0.15, 0.2) is 53.4 Å². The van der Waals surface area contributed by atoms with Crippen LogP contribution in [0.4, 0.5) is 8.78 Å². The molecule has 0 aromatic heterocycles. The van der Waals surface area contributed by atoms with Gasteiger partial charge in [0, 0.05) is 19.0 Å². The van der Waals surface area contributed by atoms with Crippen molar-refractivity contribution in [2.75, 3.05) is 19.6 Å². The van der Waals surface area contributed by atoms with Crippen molar-refractivity contribution in [1.82, 2.24) is 4.31 Å². The molecule has 25 heavy (non-hydrogen) atoms. The average Bonchev–Trinajstić information content (AvgIpc) is 3.03. The van der Waals surface area contributed by atoms with Crippen LogP contribution in [-0.2, 0) is 10.0 Å². The lowest BCUT2D eigenvalue weighted by Gasteiger charge is -2.17. The Balaban J connectivity index is 0.00000225. The van der Waals surface area contributed by atoms with Crippen molar-refractivity contribution in [2.24, 2.45) is 11.7 Å². The second-order valence-corrected chi connectivity index (χ2v) is 7.82.